The average molecular weight is 322 g/mol. The topological polar surface area (TPSA) is 96.8 Å². The van der Waals surface area contributed by atoms with E-state index in [0.29, 0.717) is 0 Å². The van der Waals surface area contributed by atoms with Gasteiger partial charge in [-0.05, 0) is 11.6 Å². The minimum atomic E-state index is -5.53. The lowest BCUT2D eigenvalue weighted by atomic mass is 10.2. The van der Waals surface area contributed by atoms with Crippen molar-refractivity contribution in [3.05, 3.63) is 46.6 Å². The van der Waals surface area contributed by atoms with Crippen LogP contribution < -0.4 is 10.4 Å². The Morgan fingerprint density at radius 3 is 2.52 bits per heavy atom. The number of aromatic amines is 1. The zero-order valence-electron chi connectivity index (χ0n) is 10.3. The molecule has 0 bridgehead atoms. The van der Waals surface area contributed by atoms with Crippen LogP contribution in [-0.2, 0) is 16.6 Å². The van der Waals surface area contributed by atoms with E-state index in [2.05, 4.69) is 10.1 Å². The highest BCUT2D eigenvalue weighted by Gasteiger charge is 2.46. The molecule has 2 aromatic rings. The van der Waals surface area contributed by atoms with Crippen LogP contribution in [0, 0.1) is 0 Å². The van der Waals surface area contributed by atoms with Gasteiger partial charge in [0.15, 0.2) is 0 Å². The summed E-state index contributed by atoms with van der Waals surface area (Å²) < 4.78 is 61.7. The first-order valence-corrected chi connectivity index (χ1v) is 6.96. The summed E-state index contributed by atoms with van der Waals surface area (Å²) >= 11 is 0. The van der Waals surface area contributed by atoms with Crippen LogP contribution in [0.25, 0.3) is 0 Å². The first-order chi connectivity index (χ1) is 9.71. The second kappa shape index (κ2) is 5.24. The summed E-state index contributed by atoms with van der Waals surface area (Å²) in [5.74, 6) is 0. The maximum Gasteiger partial charge on any atom is 0.516 e. The lowest BCUT2D eigenvalue weighted by molar-refractivity contribution is -0.0429. The van der Waals surface area contributed by atoms with E-state index in [1.807, 2.05) is 0 Å². The predicted molar refractivity (Wildman–Crippen MR) is 67.0 cm³/mol. The van der Waals surface area contributed by atoms with Gasteiger partial charge in [-0.15, -0.1) is 0 Å². The number of hydrogen-bond acceptors (Lipinski definition) is 4. The van der Waals surface area contributed by atoms with Gasteiger partial charge in [-0.25, -0.2) is 9.48 Å². The molecule has 0 aliphatic heterocycles. The van der Waals surface area contributed by atoms with E-state index in [9.17, 15) is 26.4 Å². The Kier molecular flexibility index (Phi) is 3.77. The maximum atomic E-state index is 12.4. The summed E-state index contributed by atoms with van der Waals surface area (Å²) in [5, 5.41) is 3.65. The van der Waals surface area contributed by atoms with Gasteiger partial charge in [0.2, 0.25) is 0 Å². The summed E-state index contributed by atoms with van der Waals surface area (Å²) in [7, 11) is -5.53. The molecule has 0 aliphatic rings. The fourth-order valence-electron chi connectivity index (χ4n) is 1.52. The van der Waals surface area contributed by atoms with E-state index in [0.717, 1.165) is 17.1 Å². The number of halogens is 3. The number of H-pyrrole nitrogens is 1. The van der Waals surface area contributed by atoms with Crippen molar-refractivity contribution < 1.29 is 21.6 Å². The molecule has 21 heavy (non-hydrogen) atoms. The zero-order valence-corrected chi connectivity index (χ0v) is 11.1. The van der Waals surface area contributed by atoms with Crippen LogP contribution in [-0.4, -0.2) is 28.7 Å². The highest BCUT2D eigenvalue weighted by Crippen LogP contribution is 2.27. The molecule has 0 radical (unpaired) electrons. The molecule has 2 rings (SSSR count). The summed E-state index contributed by atoms with van der Waals surface area (Å²) in [5.41, 5.74) is -6.10. The second-order valence-corrected chi connectivity index (χ2v) is 5.63. The van der Waals surface area contributed by atoms with Crippen molar-refractivity contribution in [1.82, 2.24) is 14.8 Å². The standard InChI is InChI=1S/C10H9F3N4O3S/c11-10(12,13)21(19,20)16-8-4-2-1-3-7(8)5-17-9(18)14-6-15-17/h1-4,6,16H,5H2,(H,14,15,18). The first-order valence-electron chi connectivity index (χ1n) is 5.48. The van der Waals surface area contributed by atoms with Crippen LogP contribution >= 0.6 is 0 Å². The molecule has 7 nitrogen and oxygen atoms in total. The summed E-state index contributed by atoms with van der Waals surface area (Å²) in [6.07, 6.45) is 1.12. The number of nitrogens with zero attached hydrogens (tertiary/aromatic N) is 2. The van der Waals surface area contributed by atoms with E-state index in [-0.39, 0.29) is 17.8 Å². The van der Waals surface area contributed by atoms with Gasteiger partial charge in [0.1, 0.15) is 6.33 Å². The molecule has 0 amide bonds. The van der Waals surface area contributed by atoms with Crippen molar-refractivity contribution >= 4 is 15.7 Å². The van der Waals surface area contributed by atoms with Crippen molar-refractivity contribution in [2.24, 2.45) is 0 Å². The number of aromatic nitrogens is 3. The zero-order chi connectivity index (χ0) is 15.7. The smallest absolute Gasteiger partial charge is 0.295 e. The fourth-order valence-corrected chi connectivity index (χ4v) is 2.12. The fraction of sp³-hybridized carbons (Fsp3) is 0.200. The Morgan fingerprint density at radius 2 is 1.95 bits per heavy atom. The van der Waals surface area contributed by atoms with E-state index in [1.54, 1.807) is 0 Å². The normalized spacial score (nSPS) is 12.3. The Bertz CT molecular complexity index is 794. The van der Waals surface area contributed by atoms with Gasteiger partial charge in [-0.2, -0.15) is 26.7 Å². The van der Waals surface area contributed by atoms with Crippen molar-refractivity contribution in [3.63, 3.8) is 0 Å². The molecular weight excluding hydrogens is 313 g/mol. The van der Waals surface area contributed by atoms with Crippen LogP contribution in [0.4, 0.5) is 18.9 Å². The van der Waals surface area contributed by atoms with Crippen LogP contribution in [0.2, 0.25) is 0 Å². The lowest BCUT2D eigenvalue weighted by Gasteiger charge is -2.13. The highest BCUT2D eigenvalue weighted by atomic mass is 32.2. The van der Waals surface area contributed by atoms with Crippen molar-refractivity contribution in [1.29, 1.82) is 0 Å². The monoisotopic (exact) mass is 322 g/mol. The molecule has 0 saturated heterocycles. The van der Waals surface area contributed by atoms with Gasteiger partial charge in [0, 0.05) is 0 Å². The Morgan fingerprint density at radius 1 is 1.29 bits per heavy atom. The van der Waals surface area contributed by atoms with E-state index in [4.69, 9.17) is 0 Å². The van der Waals surface area contributed by atoms with Gasteiger partial charge in [0.05, 0.1) is 12.2 Å². The molecule has 114 valence electrons. The number of benzene rings is 1. The largest absolute Gasteiger partial charge is 0.516 e. The number of anilines is 1. The third-order valence-corrected chi connectivity index (χ3v) is 3.60. The summed E-state index contributed by atoms with van der Waals surface area (Å²) in [4.78, 5) is 13.6. The third-order valence-electron chi connectivity index (χ3n) is 2.51. The number of rotatable bonds is 4. The van der Waals surface area contributed by atoms with Crippen LogP contribution in [0.3, 0.4) is 0 Å². The number of alkyl halides is 3. The molecule has 1 aromatic carbocycles. The van der Waals surface area contributed by atoms with Gasteiger partial charge >= 0.3 is 21.2 Å². The van der Waals surface area contributed by atoms with Gasteiger partial charge < -0.3 is 0 Å². The lowest BCUT2D eigenvalue weighted by Crippen LogP contribution is -2.30. The van der Waals surface area contributed by atoms with Crippen LogP contribution in [0.15, 0.2) is 35.4 Å². The average Bonchev–Trinajstić information content (AvgIpc) is 2.76. The molecule has 0 fully saturated rings. The quantitative estimate of drug-likeness (QED) is 0.873. The number of nitrogens with one attached hydrogen (secondary N) is 2. The molecule has 1 heterocycles. The molecular formula is C10H9F3N4O3S. The second-order valence-electron chi connectivity index (χ2n) is 3.96. The minimum absolute atomic E-state index is 0.166. The molecule has 0 saturated carbocycles. The Labute approximate surface area is 116 Å². The van der Waals surface area contributed by atoms with E-state index in [1.165, 1.54) is 22.9 Å². The predicted octanol–water partition coefficient (Wildman–Crippen LogP) is 0.881. The van der Waals surface area contributed by atoms with E-state index < -0.39 is 21.2 Å². The summed E-state index contributed by atoms with van der Waals surface area (Å²) in [6.45, 7) is -0.182. The Hall–Kier alpha value is -2.30. The van der Waals surface area contributed by atoms with Crippen LogP contribution in [0.1, 0.15) is 5.56 Å². The number of hydrogen-bond donors (Lipinski definition) is 2. The maximum absolute atomic E-state index is 12.4. The van der Waals surface area contributed by atoms with Gasteiger partial charge in [0.25, 0.3) is 0 Å². The van der Waals surface area contributed by atoms with Crippen LogP contribution in [0.5, 0.6) is 0 Å². The molecule has 1 aromatic heterocycles. The van der Waals surface area contributed by atoms with Crippen molar-refractivity contribution in [2.75, 3.05) is 4.72 Å². The molecule has 0 aliphatic carbocycles. The molecule has 11 heteroatoms. The van der Waals surface area contributed by atoms with E-state index >= 15 is 0 Å². The Balaban J connectivity index is 2.34. The van der Waals surface area contributed by atoms with Gasteiger partial charge in [-0.3, -0.25) is 9.71 Å². The first kappa shape index (κ1) is 15.1. The minimum Gasteiger partial charge on any atom is -0.295 e. The van der Waals surface area contributed by atoms with Gasteiger partial charge in [-0.1, -0.05) is 18.2 Å². The molecule has 0 spiro atoms. The number of sulfonamides is 1. The molecule has 0 atom stereocenters. The summed E-state index contributed by atoms with van der Waals surface area (Å²) in [6, 6.07) is 5.41. The third kappa shape index (κ3) is 3.24. The molecule has 0 unspecified atom stereocenters. The SMILES string of the molecule is O=c1[nH]cnn1Cc1ccccc1NS(=O)(=O)C(F)(F)F. The molecule has 2 N–H and O–H groups in total. The van der Waals surface area contributed by atoms with Crippen molar-refractivity contribution in [2.45, 2.75) is 12.1 Å². The van der Waals surface area contributed by atoms with Crippen molar-refractivity contribution in [3.8, 4) is 0 Å². The highest BCUT2D eigenvalue weighted by molar-refractivity contribution is 7.93. The number of para-hydroxylation sites is 1.